The molecular formula is C14H11F2NO3. The number of anilines is 1. The Kier molecular flexibility index (Phi) is 3.84. The summed E-state index contributed by atoms with van der Waals surface area (Å²) in [6, 6.07) is 7.48. The number of carboxylic acid groups (broad SMARTS) is 1. The Morgan fingerprint density at radius 1 is 1.15 bits per heavy atom. The van der Waals surface area contributed by atoms with Crippen molar-refractivity contribution >= 4 is 11.8 Å². The number of hydrogen-bond acceptors (Lipinski definition) is 2. The Hall–Kier alpha value is -2.63. The zero-order valence-corrected chi connectivity index (χ0v) is 10.5. The van der Waals surface area contributed by atoms with Crippen LogP contribution < -0.4 is 10.1 Å². The van der Waals surface area contributed by atoms with E-state index in [0.717, 1.165) is 18.2 Å². The van der Waals surface area contributed by atoms with Crippen molar-refractivity contribution in [2.45, 2.75) is 0 Å². The van der Waals surface area contributed by atoms with Crippen molar-refractivity contribution in [3.05, 3.63) is 48.0 Å². The van der Waals surface area contributed by atoms with Gasteiger partial charge in [0.05, 0.1) is 12.8 Å². The summed E-state index contributed by atoms with van der Waals surface area (Å²) in [6.45, 7) is 0. The number of ether oxygens (including phenoxy) is 1. The second-order valence-corrected chi connectivity index (χ2v) is 4.00. The van der Waals surface area contributed by atoms with Gasteiger partial charge in [0.1, 0.15) is 17.4 Å². The standard InChI is InChI=1S/C14H11F2NO3/c1-20-11-2-3-13(17-14(18)19)12(7-11)8-4-9(15)6-10(16)5-8/h2-7,17H,1H3,(H,18,19). The van der Waals surface area contributed by atoms with Gasteiger partial charge >= 0.3 is 6.09 Å². The Morgan fingerprint density at radius 3 is 2.35 bits per heavy atom. The van der Waals surface area contributed by atoms with Crippen LogP contribution in [0, 0.1) is 11.6 Å². The van der Waals surface area contributed by atoms with Gasteiger partial charge in [0.2, 0.25) is 0 Å². The van der Waals surface area contributed by atoms with Crippen molar-refractivity contribution in [3.63, 3.8) is 0 Å². The summed E-state index contributed by atoms with van der Waals surface area (Å²) in [5.74, 6) is -1.05. The lowest BCUT2D eigenvalue weighted by molar-refractivity contribution is 0.210. The third-order valence-electron chi connectivity index (χ3n) is 2.64. The van der Waals surface area contributed by atoms with Crippen molar-refractivity contribution in [2.75, 3.05) is 12.4 Å². The van der Waals surface area contributed by atoms with Gasteiger partial charge in [-0.2, -0.15) is 0 Å². The number of halogens is 2. The largest absolute Gasteiger partial charge is 0.497 e. The van der Waals surface area contributed by atoms with Crippen LogP contribution >= 0.6 is 0 Å². The zero-order valence-electron chi connectivity index (χ0n) is 10.5. The van der Waals surface area contributed by atoms with Gasteiger partial charge < -0.3 is 9.84 Å². The SMILES string of the molecule is COc1ccc(NC(=O)O)c(-c2cc(F)cc(F)c2)c1. The van der Waals surface area contributed by atoms with Gasteiger partial charge in [-0.25, -0.2) is 13.6 Å². The summed E-state index contributed by atoms with van der Waals surface area (Å²) in [7, 11) is 1.44. The summed E-state index contributed by atoms with van der Waals surface area (Å²) in [5, 5.41) is 11.0. The highest BCUT2D eigenvalue weighted by Crippen LogP contribution is 2.32. The third kappa shape index (κ3) is 3.03. The lowest BCUT2D eigenvalue weighted by Crippen LogP contribution is -2.08. The van der Waals surface area contributed by atoms with Crippen LogP contribution in [0.5, 0.6) is 5.75 Å². The summed E-state index contributed by atoms with van der Waals surface area (Å²) in [5.41, 5.74) is 0.749. The van der Waals surface area contributed by atoms with Gasteiger partial charge in [-0.3, -0.25) is 5.32 Å². The molecule has 2 N–H and O–H groups in total. The van der Waals surface area contributed by atoms with E-state index >= 15 is 0 Å². The summed E-state index contributed by atoms with van der Waals surface area (Å²) in [6.07, 6.45) is -1.27. The minimum atomic E-state index is -1.27. The van der Waals surface area contributed by atoms with E-state index in [-0.39, 0.29) is 11.3 Å². The first-order valence-corrected chi connectivity index (χ1v) is 5.64. The molecule has 6 heteroatoms. The van der Waals surface area contributed by atoms with Crippen molar-refractivity contribution in [1.82, 2.24) is 0 Å². The van der Waals surface area contributed by atoms with Crippen molar-refractivity contribution in [1.29, 1.82) is 0 Å². The fourth-order valence-electron chi connectivity index (χ4n) is 1.82. The van der Waals surface area contributed by atoms with Crippen LogP contribution in [0.4, 0.5) is 19.3 Å². The molecule has 0 saturated carbocycles. The number of carbonyl (C=O) groups is 1. The van der Waals surface area contributed by atoms with Crippen LogP contribution in [0.2, 0.25) is 0 Å². The maximum atomic E-state index is 13.3. The molecule has 104 valence electrons. The molecule has 1 amide bonds. The lowest BCUT2D eigenvalue weighted by Gasteiger charge is -2.11. The van der Waals surface area contributed by atoms with E-state index in [1.165, 1.54) is 19.2 Å². The molecular weight excluding hydrogens is 268 g/mol. The molecule has 0 spiro atoms. The summed E-state index contributed by atoms with van der Waals surface area (Å²) < 4.78 is 31.6. The number of benzene rings is 2. The fourth-order valence-corrected chi connectivity index (χ4v) is 1.82. The Balaban J connectivity index is 2.59. The van der Waals surface area contributed by atoms with Gasteiger partial charge in [0, 0.05) is 11.6 Å². The highest BCUT2D eigenvalue weighted by molar-refractivity contribution is 5.91. The Morgan fingerprint density at radius 2 is 1.80 bits per heavy atom. The molecule has 20 heavy (non-hydrogen) atoms. The molecule has 0 heterocycles. The second-order valence-electron chi connectivity index (χ2n) is 4.00. The number of hydrogen-bond donors (Lipinski definition) is 2. The molecule has 0 aliphatic carbocycles. The molecule has 4 nitrogen and oxygen atoms in total. The van der Waals surface area contributed by atoms with Crippen LogP contribution in [-0.2, 0) is 0 Å². The van der Waals surface area contributed by atoms with E-state index in [2.05, 4.69) is 5.32 Å². The van der Waals surface area contributed by atoms with E-state index in [0.29, 0.717) is 11.3 Å². The molecule has 0 aliphatic rings. The third-order valence-corrected chi connectivity index (χ3v) is 2.64. The van der Waals surface area contributed by atoms with Crippen LogP contribution in [0.1, 0.15) is 0 Å². The summed E-state index contributed by atoms with van der Waals surface area (Å²) >= 11 is 0. The predicted octanol–water partition coefficient (Wildman–Crippen LogP) is 3.73. The van der Waals surface area contributed by atoms with Gasteiger partial charge in [0.15, 0.2) is 0 Å². The molecule has 0 bridgehead atoms. The maximum Gasteiger partial charge on any atom is 0.409 e. The quantitative estimate of drug-likeness (QED) is 0.900. The topological polar surface area (TPSA) is 58.6 Å². The first-order valence-electron chi connectivity index (χ1n) is 5.64. The number of rotatable bonds is 3. The minimum Gasteiger partial charge on any atom is -0.497 e. The van der Waals surface area contributed by atoms with Crippen molar-refractivity contribution in [2.24, 2.45) is 0 Å². The highest BCUT2D eigenvalue weighted by Gasteiger charge is 2.11. The second kappa shape index (κ2) is 5.56. The summed E-state index contributed by atoms with van der Waals surface area (Å²) in [4.78, 5) is 10.8. The molecule has 0 unspecified atom stereocenters. The van der Waals surface area contributed by atoms with Crippen molar-refractivity contribution in [3.8, 4) is 16.9 Å². The van der Waals surface area contributed by atoms with E-state index in [1.54, 1.807) is 6.07 Å². The normalized spacial score (nSPS) is 10.2. The molecule has 2 aromatic carbocycles. The Labute approximate surface area is 113 Å². The van der Waals surface area contributed by atoms with E-state index in [1.807, 2.05) is 0 Å². The van der Waals surface area contributed by atoms with E-state index in [9.17, 15) is 13.6 Å². The molecule has 0 saturated heterocycles. The number of amides is 1. The molecule has 0 radical (unpaired) electrons. The van der Waals surface area contributed by atoms with Gasteiger partial charge in [-0.1, -0.05) is 0 Å². The average molecular weight is 279 g/mol. The zero-order chi connectivity index (χ0) is 14.7. The monoisotopic (exact) mass is 279 g/mol. The predicted molar refractivity (Wildman–Crippen MR) is 70.0 cm³/mol. The molecule has 0 fully saturated rings. The van der Waals surface area contributed by atoms with Crippen LogP contribution in [0.25, 0.3) is 11.1 Å². The molecule has 0 atom stereocenters. The molecule has 2 aromatic rings. The molecule has 0 aliphatic heterocycles. The fraction of sp³-hybridized carbons (Fsp3) is 0.0714. The van der Waals surface area contributed by atoms with E-state index < -0.39 is 17.7 Å². The number of nitrogens with one attached hydrogen (secondary N) is 1. The van der Waals surface area contributed by atoms with Gasteiger partial charge in [0.25, 0.3) is 0 Å². The molecule has 0 aromatic heterocycles. The van der Waals surface area contributed by atoms with E-state index in [4.69, 9.17) is 9.84 Å². The number of methoxy groups -OCH3 is 1. The first kappa shape index (κ1) is 13.8. The Bertz CT molecular complexity index is 639. The van der Waals surface area contributed by atoms with Crippen LogP contribution in [-0.4, -0.2) is 18.3 Å². The van der Waals surface area contributed by atoms with Gasteiger partial charge in [-0.15, -0.1) is 0 Å². The first-order chi connectivity index (χ1) is 9.49. The average Bonchev–Trinajstić information content (AvgIpc) is 2.37. The van der Waals surface area contributed by atoms with Crippen LogP contribution in [0.3, 0.4) is 0 Å². The maximum absolute atomic E-state index is 13.3. The smallest absolute Gasteiger partial charge is 0.409 e. The van der Waals surface area contributed by atoms with Crippen LogP contribution in [0.15, 0.2) is 36.4 Å². The molecule has 2 rings (SSSR count). The van der Waals surface area contributed by atoms with Gasteiger partial charge in [-0.05, 0) is 35.9 Å². The lowest BCUT2D eigenvalue weighted by atomic mass is 10.0. The highest BCUT2D eigenvalue weighted by atomic mass is 19.1. The van der Waals surface area contributed by atoms with Crippen molar-refractivity contribution < 1.29 is 23.4 Å². The minimum absolute atomic E-state index is 0.211.